The molecule has 0 saturated heterocycles. The van der Waals surface area contributed by atoms with Crippen LogP contribution in [0.2, 0.25) is 5.02 Å². The number of rotatable bonds is 5. The number of benzene rings is 1. The number of nitrogens with zero attached hydrogens (tertiary/aromatic N) is 1. The van der Waals surface area contributed by atoms with E-state index in [0.29, 0.717) is 12.1 Å². The van der Waals surface area contributed by atoms with Gasteiger partial charge in [-0.15, -0.1) is 0 Å². The number of nitro benzene ring substituents is 1. The first-order valence-electron chi connectivity index (χ1n) is 5.44. The number of hydrogen-bond acceptors (Lipinski definition) is 4. The molecule has 0 bridgehead atoms. The van der Waals surface area contributed by atoms with Gasteiger partial charge < -0.3 is 11.1 Å². The molecule has 18 heavy (non-hydrogen) atoms. The van der Waals surface area contributed by atoms with E-state index in [1.165, 1.54) is 18.2 Å². The zero-order valence-electron chi connectivity index (χ0n) is 9.85. The van der Waals surface area contributed by atoms with E-state index in [9.17, 15) is 14.9 Å². The summed E-state index contributed by atoms with van der Waals surface area (Å²) in [7, 11) is 0. The maximum atomic E-state index is 11.7. The van der Waals surface area contributed by atoms with Gasteiger partial charge in [0.15, 0.2) is 0 Å². The quantitative estimate of drug-likeness (QED) is 0.633. The van der Waals surface area contributed by atoms with E-state index in [2.05, 4.69) is 5.32 Å². The Labute approximate surface area is 109 Å². The number of amides is 1. The molecule has 1 aromatic rings. The average molecular weight is 272 g/mol. The second-order valence-electron chi connectivity index (χ2n) is 3.75. The van der Waals surface area contributed by atoms with E-state index < -0.39 is 4.92 Å². The topological polar surface area (TPSA) is 98.3 Å². The molecule has 7 heteroatoms. The lowest BCUT2D eigenvalue weighted by Gasteiger charge is -2.12. The molecule has 0 aliphatic rings. The number of nitrogens with one attached hydrogen (secondary N) is 1. The van der Waals surface area contributed by atoms with Gasteiger partial charge in [-0.1, -0.05) is 18.5 Å². The van der Waals surface area contributed by atoms with Crippen LogP contribution >= 0.6 is 11.6 Å². The standard InChI is InChI=1S/C11H14ClN3O3/c1-2-7(6-13)11(16)14-8-3-4-10(15(17)18)9(12)5-8/h3-5,7H,2,6,13H2,1H3,(H,14,16). The average Bonchev–Trinajstić information content (AvgIpc) is 2.30. The van der Waals surface area contributed by atoms with E-state index >= 15 is 0 Å². The first-order chi connectivity index (χ1) is 8.49. The molecule has 1 rings (SSSR count). The number of carbonyl (C=O) groups is 1. The highest BCUT2D eigenvalue weighted by Gasteiger charge is 2.16. The summed E-state index contributed by atoms with van der Waals surface area (Å²) in [6.07, 6.45) is 0.628. The van der Waals surface area contributed by atoms with Crippen LogP contribution < -0.4 is 11.1 Å². The lowest BCUT2D eigenvalue weighted by Crippen LogP contribution is -2.28. The summed E-state index contributed by atoms with van der Waals surface area (Å²) in [5.74, 6) is -0.496. The number of hydrogen-bond donors (Lipinski definition) is 2. The van der Waals surface area contributed by atoms with Crippen molar-refractivity contribution in [3.8, 4) is 0 Å². The third kappa shape index (κ3) is 3.41. The van der Waals surface area contributed by atoms with E-state index in [1.807, 2.05) is 6.92 Å². The Balaban J connectivity index is 2.83. The molecular weight excluding hydrogens is 258 g/mol. The van der Waals surface area contributed by atoms with Crippen LogP contribution in [0.3, 0.4) is 0 Å². The van der Waals surface area contributed by atoms with Gasteiger partial charge in [0.05, 0.1) is 10.8 Å². The maximum absolute atomic E-state index is 11.7. The minimum Gasteiger partial charge on any atom is -0.330 e. The van der Waals surface area contributed by atoms with Gasteiger partial charge in [0, 0.05) is 18.3 Å². The van der Waals surface area contributed by atoms with Gasteiger partial charge in [-0.25, -0.2) is 0 Å². The molecule has 1 unspecified atom stereocenters. The minimum atomic E-state index is -0.581. The van der Waals surface area contributed by atoms with Crippen LogP contribution in [0.1, 0.15) is 13.3 Å². The van der Waals surface area contributed by atoms with Gasteiger partial charge in [0.25, 0.3) is 5.69 Å². The fourth-order valence-corrected chi connectivity index (χ4v) is 1.69. The predicted molar refractivity (Wildman–Crippen MR) is 69.6 cm³/mol. The van der Waals surface area contributed by atoms with Crippen molar-refractivity contribution in [2.75, 3.05) is 11.9 Å². The largest absolute Gasteiger partial charge is 0.330 e. The van der Waals surface area contributed by atoms with Crippen LogP contribution in [0.4, 0.5) is 11.4 Å². The summed E-state index contributed by atoms with van der Waals surface area (Å²) < 4.78 is 0. The number of carbonyl (C=O) groups excluding carboxylic acids is 1. The third-order valence-electron chi connectivity index (χ3n) is 2.56. The van der Waals surface area contributed by atoms with Crippen molar-refractivity contribution in [3.63, 3.8) is 0 Å². The van der Waals surface area contributed by atoms with Crippen molar-refractivity contribution in [3.05, 3.63) is 33.3 Å². The van der Waals surface area contributed by atoms with Crippen molar-refractivity contribution in [1.82, 2.24) is 0 Å². The van der Waals surface area contributed by atoms with Gasteiger partial charge >= 0.3 is 0 Å². The van der Waals surface area contributed by atoms with Crippen LogP contribution in [0, 0.1) is 16.0 Å². The first kappa shape index (κ1) is 14.4. The Kier molecular flexibility index (Phi) is 5.06. The maximum Gasteiger partial charge on any atom is 0.288 e. The van der Waals surface area contributed by atoms with Gasteiger partial charge in [0.1, 0.15) is 5.02 Å². The van der Waals surface area contributed by atoms with Crippen molar-refractivity contribution >= 4 is 28.9 Å². The Morgan fingerprint density at radius 3 is 2.72 bits per heavy atom. The van der Waals surface area contributed by atoms with Gasteiger partial charge in [-0.2, -0.15) is 0 Å². The minimum absolute atomic E-state index is 0.0152. The van der Waals surface area contributed by atoms with Gasteiger partial charge in [0.2, 0.25) is 5.91 Å². The number of nitrogens with two attached hydrogens (primary N) is 1. The van der Waals surface area contributed by atoms with E-state index in [4.69, 9.17) is 17.3 Å². The number of nitro groups is 1. The van der Waals surface area contributed by atoms with Crippen LogP contribution in [0.25, 0.3) is 0 Å². The van der Waals surface area contributed by atoms with E-state index in [1.54, 1.807) is 0 Å². The summed E-state index contributed by atoms with van der Waals surface area (Å²) >= 11 is 5.74. The SMILES string of the molecule is CCC(CN)C(=O)Nc1ccc([N+](=O)[O-])c(Cl)c1. The van der Waals surface area contributed by atoms with Gasteiger partial charge in [-0.3, -0.25) is 14.9 Å². The zero-order chi connectivity index (χ0) is 13.7. The fourth-order valence-electron chi connectivity index (χ4n) is 1.44. The Morgan fingerprint density at radius 2 is 2.28 bits per heavy atom. The van der Waals surface area contributed by atoms with Crippen LogP contribution in [0.15, 0.2) is 18.2 Å². The molecule has 0 heterocycles. The summed E-state index contributed by atoms with van der Waals surface area (Å²) in [4.78, 5) is 21.7. The Morgan fingerprint density at radius 1 is 1.61 bits per heavy atom. The van der Waals surface area contributed by atoms with Crippen molar-refractivity contribution in [2.45, 2.75) is 13.3 Å². The van der Waals surface area contributed by atoms with Crippen LogP contribution in [-0.2, 0) is 4.79 Å². The molecule has 0 radical (unpaired) electrons. The van der Waals surface area contributed by atoms with Gasteiger partial charge in [-0.05, 0) is 18.6 Å². The Hall–Kier alpha value is -1.66. The van der Waals surface area contributed by atoms with Crippen molar-refractivity contribution in [1.29, 1.82) is 0 Å². The molecule has 6 nitrogen and oxygen atoms in total. The molecule has 0 fully saturated rings. The molecular formula is C11H14ClN3O3. The highest BCUT2D eigenvalue weighted by Crippen LogP contribution is 2.27. The highest BCUT2D eigenvalue weighted by molar-refractivity contribution is 6.33. The van der Waals surface area contributed by atoms with Crippen molar-refractivity contribution in [2.24, 2.45) is 11.7 Å². The number of halogens is 1. The molecule has 0 aliphatic carbocycles. The fraction of sp³-hybridized carbons (Fsp3) is 0.364. The van der Waals surface area contributed by atoms with Crippen LogP contribution in [-0.4, -0.2) is 17.4 Å². The molecule has 0 saturated carbocycles. The molecule has 98 valence electrons. The normalized spacial score (nSPS) is 11.9. The summed E-state index contributed by atoms with van der Waals surface area (Å²) in [6.45, 7) is 2.11. The highest BCUT2D eigenvalue weighted by atomic mass is 35.5. The Bertz CT molecular complexity index is 461. The monoisotopic (exact) mass is 271 g/mol. The molecule has 3 N–H and O–H groups in total. The van der Waals surface area contributed by atoms with Crippen molar-refractivity contribution < 1.29 is 9.72 Å². The molecule has 1 atom stereocenters. The molecule has 1 aromatic carbocycles. The van der Waals surface area contributed by atoms with E-state index in [-0.39, 0.29) is 29.1 Å². The number of anilines is 1. The molecule has 0 aliphatic heterocycles. The first-order valence-corrected chi connectivity index (χ1v) is 5.82. The molecule has 0 aromatic heterocycles. The van der Waals surface area contributed by atoms with E-state index in [0.717, 1.165) is 0 Å². The summed E-state index contributed by atoms with van der Waals surface area (Å²) in [6, 6.07) is 4.04. The second-order valence-corrected chi connectivity index (χ2v) is 4.16. The summed E-state index contributed by atoms with van der Waals surface area (Å²) in [5.41, 5.74) is 5.68. The zero-order valence-corrected chi connectivity index (χ0v) is 10.6. The molecule has 1 amide bonds. The second kappa shape index (κ2) is 6.32. The smallest absolute Gasteiger partial charge is 0.288 e. The van der Waals surface area contributed by atoms with Crippen LogP contribution in [0.5, 0.6) is 0 Å². The predicted octanol–water partition coefficient (Wildman–Crippen LogP) is 2.17. The summed E-state index contributed by atoms with van der Waals surface area (Å²) in [5, 5.41) is 13.2. The third-order valence-corrected chi connectivity index (χ3v) is 2.86. The molecule has 0 spiro atoms. The lowest BCUT2D eigenvalue weighted by molar-refractivity contribution is -0.384. The lowest BCUT2D eigenvalue weighted by atomic mass is 10.1.